The van der Waals surface area contributed by atoms with E-state index in [0.29, 0.717) is 6.61 Å². The second-order valence-corrected chi connectivity index (χ2v) is 14.7. The van der Waals surface area contributed by atoms with Crippen molar-refractivity contribution in [2.45, 2.75) is 77.0 Å². The lowest BCUT2D eigenvalue weighted by Crippen LogP contribution is -2.67. The van der Waals surface area contributed by atoms with Crippen molar-refractivity contribution >= 4 is 18.7 Å². The average molecular weight is 457 g/mol. The van der Waals surface area contributed by atoms with Crippen LogP contribution in [0.15, 0.2) is 60.7 Å². The summed E-state index contributed by atoms with van der Waals surface area (Å²) < 4.78 is 25.4. The van der Waals surface area contributed by atoms with Crippen LogP contribution in [0.4, 0.5) is 0 Å². The van der Waals surface area contributed by atoms with E-state index in [1.165, 1.54) is 10.4 Å². The van der Waals surface area contributed by atoms with Crippen molar-refractivity contribution < 1.29 is 23.7 Å². The second kappa shape index (κ2) is 8.67. The smallest absolute Gasteiger partial charge is 0.261 e. The van der Waals surface area contributed by atoms with Gasteiger partial charge in [0.2, 0.25) is 0 Å². The topological polar surface area (TPSA) is 57.2 Å². The van der Waals surface area contributed by atoms with Crippen LogP contribution in [-0.4, -0.2) is 50.4 Å². The molecule has 6 heteroatoms. The molecule has 174 valence electrons. The molecular formula is C26H36O5Si. The molecule has 32 heavy (non-hydrogen) atoms. The van der Waals surface area contributed by atoms with Crippen LogP contribution in [0.2, 0.25) is 5.04 Å². The molecule has 5 unspecified atom stereocenters. The molecule has 0 aliphatic carbocycles. The monoisotopic (exact) mass is 456 g/mol. The van der Waals surface area contributed by atoms with Gasteiger partial charge in [-0.15, -0.1) is 0 Å². The van der Waals surface area contributed by atoms with Crippen LogP contribution >= 0.6 is 0 Å². The van der Waals surface area contributed by atoms with Gasteiger partial charge in [-0.05, 0) is 36.2 Å². The number of benzene rings is 2. The van der Waals surface area contributed by atoms with E-state index in [-0.39, 0.29) is 23.2 Å². The molecule has 0 spiro atoms. The van der Waals surface area contributed by atoms with Crippen molar-refractivity contribution in [2.75, 3.05) is 6.61 Å². The molecule has 2 aromatic carbocycles. The lowest BCUT2D eigenvalue weighted by atomic mass is 9.93. The van der Waals surface area contributed by atoms with Gasteiger partial charge < -0.3 is 23.7 Å². The minimum atomic E-state index is -2.69. The molecule has 5 nitrogen and oxygen atoms in total. The van der Waals surface area contributed by atoms with Crippen LogP contribution in [-0.2, 0) is 18.6 Å². The largest absolute Gasteiger partial charge is 0.405 e. The summed E-state index contributed by atoms with van der Waals surface area (Å²) in [6, 6.07) is 21.1. The highest BCUT2D eigenvalue weighted by molar-refractivity contribution is 6.99. The minimum Gasteiger partial charge on any atom is -0.405 e. The summed E-state index contributed by atoms with van der Waals surface area (Å²) in [7, 11) is -2.69. The summed E-state index contributed by atoms with van der Waals surface area (Å²) in [6.45, 7) is 12.7. The first kappa shape index (κ1) is 23.6. The molecular weight excluding hydrogens is 420 g/mol. The summed E-state index contributed by atoms with van der Waals surface area (Å²) in [5, 5.41) is 12.9. The van der Waals surface area contributed by atoms with E-state index in [1.54, 1.807) is 6.92 Å². The predicted octanol–water partition coefficient (Wildman–Crippen LogP) is 3.44. The fraction of sp³-hybridized carbons (Fsp3) is 0.538. The van der Waals surface area contributed by atoms with Gasteiger partial charge in [0.15, 0.2) is 12.1 Å². The van der Waals surface area contributed by atoms with E-state index in [9.17, 15) is 5.11 Å². The Morgan fingerprint density at radius 1 is 0.969 bits per heavy atom. The number of rotatable bonds is 6. The zero-order valence-electron chi connectivity index (χ0n) is 19.9. The van der Waals surface area contributed by atoms with Crippen LogP contribution in [0, 0.1) is 5.92 Å². The van der Waals surface area contributed by atoms with Crippen molar-refractivity contribution in [1.29, 1.82) is 0 Å². The molecule has 0 radical (unpaired) electrons. The molecule has 2 aliphatic rings. The summed E-state index contributed by atoms with van der Waals surface area (Å²) in [5.74, 6) is -0.938. The van der Waals surface area contributed by atoms with Crippen molar-refractivity contribution in [3.05, 3.63) is 60.7 Å². The summed E-state index contributed by atoms with van der Waals surface area (Å²) >= 11 is 0. The third-order valence-corrected chi connectivity index (χ3v) is 11.6. The maximum absolute atomic E-state index is 10.6. The first-order chi connectivity index (χ1) is 15.1. The van der Waals surface area contributed by atoms with Gasteiger partial charge >= 0.3 is 0 Å². The molecule has 2 heterocycles. The molecule has 0 saturated carbocycles. The highest BCUT2D eigenvalue weighted by Crippen LogP contribution is 2.43. The van der Waals surface area contributed by atoms with E-state index >= 15 is 0 Å². The van der Waals surface area contributed by atoms with Crippen LogP contribution in [0.5, 0.6) is 0 Å². The van der Waals surface area contributed by atoms with Gasteiger partial charge in [-0.25, -0.2) is 0 Å². The predicted molar refractivity (Wildman–Crippen MR) is 127 cm³/mol. The SMILES string of the molecule is CC(O)C1C(CO[Si](c2ccccc2)(c2ccccc2)C(C)(C)C)OC2OC(C)(C)OC21. The van der Waals surface area contributed by atoms with Crippen LogP contribution in [0.25, 0.3) is 0 Å². The zero-order chi connectivity index (χ0) is 23.1. The molecule has 1 N–H and O–H groups in total. The maximum Gasteiger partial charge on any atom is 0.261 e. The zero-order valence-corrected chi connectivity index (χ0v) is 20.9. The Kier molecular flexibility index (Phi) is 6.40. The fourth-order valence-electron chi connectivity index (χ4n) is 5.30. The standard InChI is InChI=1S/C26H36O5Si/c1-18(27)22-21(29-24-23(22)30-26(5,6)31-24)17-28-32(25(2,3)4,19-13-9-7-10-14-19)20-15-11-8-12-16-20/h7-16,18,21-24,27H,17H2,1-6H3. The molecule has 0 bridgehead atoms. The maximum atomic E-state index is 10.6. The quantitative estimate of drug-likeness (QED) is 0.675. The molecule has 2 saturated heterocycles. The summed E-state index contributed by atoms with van der Waals surface area (Å²) in [5.41, 5.74) is 0. The molecule has 0 amide bonds. The summed E-state index contributed by atoms with van der Waals surface area (Å²) in [6.07, 6.45) is -1.71. The number of aliphatic hydroxyl groups excluding tert-OH is 1. The lowest BCUT2D eigenvalue weighted by molar-refractivity contribution is -0.216. The minimum absolute atomic E-state index is 0.125. The van der Waals surface area contributed by atoms with E-state index in [1.807, 2.05) is 26.0 Å². The van der Waals surface area contributed by atoms with Crippen molar-refractivity contribution in [3.63, 3.8) is 0 Å². The molecule has 2 aliphatic heterocycles. The Labute approximate surface area is 192 Å². The molecule has 2 fully saturated rings. The Morgan fingerprint density at radius 3 is 1.97 bits per heavy atom. The molecule has 5 atom stereocenters. The van der Waals surface area contributed by atoms with Gasteiger partial charge in [-0.3, -0.25) is 0 Å². The Balaban J connectivity index is 1.69. The van der Waals surface area contributed by atoms with Gasteiger partial charge in [0.05, 0.1) is 18.8 Å². The average Bonchev–Trinajstić information content (AvgIpc) is 3.20. The van der Waals surface area contributed by atoms with E-state index in [4.69, 9.17) is 18.6 Å². The van der Waals surface area contributed by atoms with Gasteiger partial charge in [-0.1, -0.05) is 81.4 Å². The number of hydrogen-bond acceptors (Lipinski definition) is 5. The summed E-state index contributed by atoms with van der Waals surface area (Å²) in [4.78, 5) is 0. The first-order valence-electron chi connectivity index (χ1n) is 11.5. The van der Waals surface area contributed by atoms with Crippen molar-refractivity contribution in [1.82, 2.24) is 0 Å². The van der Waals surface area contributed by atoms with Gasteiger partial charge in [0, 0.05) is 5.92 Å². The lowest BCUT2D eigenvalue weighted by Gasteiger charge is -2.44. The highest BCUT2D eigenvalue weighted by atomic mass is 28.4. The van der Waals surface area contributed by atoms with Gasteiger partial charge in [0.1, 0.15) is 6.10 Å². The Bertz CT molecular complexity index is 854. The fourth-order valence-corrected chi connectivity index (χ4v) is 9.87. The second-order valence-electron chi connectivity index (χ2n) is 10.4. The number of aliphatic hydroxyl groups is 1. The van der Waals surface area contributed by atoms with Crippen LogP contribution in [0.1, 0.15) is 41.5 Å². The van der Waals surface area contributed by atoms with Gasteiger partial charge in [-0.2, -0.15) is 0 Å². The van der Waals surface area contributed by atoms with E-state index < -0.39 is 26.5 Å². The molecule has 0 aromatic heterocycles. The first-order valence-corrected chi connectivity index (χ1v) is 13.4. The normalized spacial score (nSPS) is 28.5. The van der Waals surface area contributed by atoms with Crippen molar-refractivity contribution in [3.8, 4) is 0 Å². The van der Waals surface area contributed by atoms with Gasteiger partial charge in [0.25, 0.3) is 8.32 Å². The highest BCUT2D eigenvalue weighted by Gasteiger charge is 2.57. The van der Waals surface area contributed by atoms with E-state index in [2.05, 4.69) is 69.3 Å². The third-order valence-electron chi connectivity index (χ3n) is 6.64. The van der Waals surface area contributed by atoms with Crippen LogP contribution < -0.4 is 10.4 Å². The Hall–Kier alpha value is -1.54. The number of hydrogen-bond donors (Lipinski definition) is 1. The number of ether oxygens (including phenoxy) is 3. The third kappa shape index (κ3) is 4.20. The van der Waals surface area contributed by atoms with Crippen LogP contribution in [0.3, 0.4) is 0 Å². The van der Waals surface area contributed by atoms with Crippen molar-refractivity contribution in [2.24, 2.45) is 5.92 Å². The molecule has 4 rings (SSSR count). The van der Waals surface area contributed by atoms with E-state index in [0.717, 1.165) is 0 Å². The Morgan fingerprint density at radius 2 is 1.50 bits per heavy atom. The number of fused-ring (bicyclic) bond motifs is 1. The molecule has 2 aromatic rings.